The molecule has 3 aromatic rings. The van der Waals surface area contributed by atoms with Crippen molar-refractivity contribution in [2.75, 3.05) is 6.54 Å². The number of rotatable bonds is 9. The molecule has 2 aromatic heterocycles. The molecule has 0 unspecified atom stereocenters. The molecule has 2 N–H and O–H groups in total. The number of pyridine rings is 1. The van der Waals surface area contributed by atoms with Gasteiger partial charge in [-0.05, 0) is 36.6 Å². The summed E-state index contributed by atoms with van der Waals surface area (Å²) in [5, 5.41) is 5.54. The van der Waals surface area contributed by atoms with E-state index in [9.17, 15) is 9.59 Å². The molecule has 8 heteroatoms. The van der Waals surface area contributed by atoms with E-state index in [2.05, 4.69) is 20.6 Å². The maximum Gasteiger partial charge on any atom is 0.407 e. The second kappa shape index (κ2) is 10.8. The molecule has 0 saturated carbocycles. The summed E-state index contributed by atoms with van der Waals surface area (Å²) in [6.07, 6.45) is 5.63. The number of imidazole rings is 1. The summed E-state index contributed by atoms with van der Waals surface area (Å²) >= 11 is 0. The number of benzene rings is 1. The third kappa shape index (κ3) is 6.44. The van der Waals surface area contributed by atoms with Crippen molar-refractivity contribution in [1.82, 2.24) is 25.2 Å². The Morgan fingerprint density at radius 1 is 1.03 bits per heavy atom. The van der Waals surface area contributed by atoms with E-state index in [1.165, 1.54) is 0 Å². The van der Waals surface area contributed by atoms with Crippen molar-refractivity contribution in [2.24, 2.45) is 0 Å². The maximum atomic E-state index is 12.1. The Balaban J connectivity index is 1.32. The van der Waals surface area contributed by atoms with Crippen LogP contribution in [0.4, 0.5) is 4.79 Å². The Kier molecular flexibility index (Phi) is 7.54. The van der Waals surface area contributed by atoms with Gasteiger partial charge in [-0.1, -0.05) is 30.3 Å². The molecule has 0 saturated heterocycles. The third-order valence-electron chi connectivity index (χ3n) is 4.43. The number of aryl methyl sites for hydroxylation is 1. The van der Waals surface area contributed by atoms with E-state index in [0.29, 0.717) is 25.9 Å². The van der Waals surface area contributed by atoms with Gasteiger partial charge in [-0.15, -0.1) is 0 Å². The monoisotopic (exact) mass is 407 g/mol. The first-order valence-corrected chi connectivity index (χ1v) is 9.78. The molecule has 0 aliphatic rings. The molecule has 0 bridgehead atoms. The predicted molar refractivity (Wildman–Crippen MR) is 112 cm³/mol. The SMILES string of the molecule is Cc1nccn1-c1cc(CNC(=O)CCCNC(=O)OCc2ccccc2)ccn1. The predicted octanol–water partition coefficient (Wildman–Crippen LogP) is 2.90. The quantitative estimate of drug-likeness (QED) is 0.532. The lowest BCUT2D eigenvalue weighted by atomic mass is 10.2. The lowest BCUT2D eigenvalue weighted by Gasteiger charge is -2.09. The van der Waals surface area contributed by atoms with E-state index in [0.717, 1.165) is 22.8 Å². The van der Waals surface area contributed by atoms with Crippen LogP contribution in [-0.2, 0) is 22.7 Å². The van der Waals surface area contributed by atoms with Gasteiger partial charge in [0.1, 0.15) is 18.2 Å². The average molecular weight is 407 g/mol. The molecule has 1 aromatic carbocycles. The van der Waals surface area contributed by atoms with E-state index in [1.54, 1.807) is 12.4 Å². The number of hydrogen-bond acceptors (Lipinski definition) is 5. The van der Waals surface area contributed by atoms with Crippen molar-refractivity contribution in [1.29, 1.82) is 0 Å². The highest BCUT2D eigenvalue weighted by atomic mass is 16.5. The largest absolute Gasteiger partial charge is 0.445 e. The average Bonchev–Trinajstić information content (AvgIpc) is 3.20. The second-order valence-corrected chi connectivity index (χ2v) is 6.74. The van der Waals surface area contributed by atoms with Crippen molar-refractivity contribution >= 4 is 12.0 Å². The van der Waals surface area contributed by atoms with Crippen LogP contribution in [-0.4, -0.2) is 33.1 Å². The number of alkyl carbamates (subject to hydrolysis) is 1. The van der Waals surface area contributed by atoms with Gasteiger partial charge in [0, 0.05) is 38.1 Å². The first kappa shape index (κ1) is 21.0. The zero-order valence-corrected chi connectivity index (χ0v) is 16.9. The fraction of sp³-hybridized carbons (Fsp3) is 0.273. The summed E-state index contributed by atoms with van der Waals surface area (Å²) in [5.41, 5.74) is 1.87. The van der Waals surface area contributed by atoms with Crippen molar-refractivity contribution in [3.8, 4) is 5.82 Å². The minimum absolute atomic E-state index is 0.0772. The van der Waals surface area contributed by atoms with Crippen LogP contribution < -0.4 is 10.6 Å². The summed E-state index contributed by atoms with van der Waals surface area (Å²) in [5.74, 6) is 1.53. The minimum Gasteiger partial charge on any atom is -0.445 e. The maximum absolute atomic E-state index is 12.1. The van der Waals surface area contributed by atoms with Gasteiger partial charge in [-0.25, -0.2) is 14.8 Å². The van der Waals surface area contributed by atoms with Gasteiger partial charge in [0.15, 0.2) is 0 Å². The Bertz CT molecular complexity index is 972. The first-order valence-electron chi connectivity index (χ1n) is 9.78. The Labute approximate surface area is 175 Å². The fourth-order valence-electron chi connectivity index (χ4n) is 2.82. The fourth-order valence-corrected chi connectivity index (χ4v) is 2.82. The molecule has 0 radical (unpaired) electrons. The third-order valence-corrected chi connectivity index (χ3v) is 4.43. The van der Waals surface area contributed by atoms with Gasteiger partial charge < -0.3 is 15.4 Å². The Morgan fingerprint density at radius 2 is 1.87 bits per heavy atom. The van der Waals surface area contributed by atoms with Gasteiger partial charge in [0.2, 0.25) is 5.91 Å². The van der Waals surface area contributed by atoms with E-state index in [1.807, 2.05) is 60.2 Å². The number of aromatic nitrogens is 3. The van der Waals surface area contributed by atoms with Crippen LogP contribution in [0.1, 0.15) is 29.8 Å². The van der Waals surface area contributed by atoms with E-state index >= 15 is 0 Å². The van der Waals surface area contributed by atoms with Crippen LogP contribution in [0, 0.1) is 6.92 Å². The first-order chi connectivity index (χ1) is 14.6. The molecule has 3 rings (SSSR count). The standard InChI is InChI=1S/C22H25N5O3/c1-17-23-12-13-27(17)20-14-19(9-11-24-20)15-26-21(28)8-5-10-25-22(29)30-16-18-6-3-2-4-7-18/h2-4,6-7,9,11-14H,5,8,10,15-16H2,1H3,(H,25,29)(H,26,28). The normalized spacial score (nSPS) is 10.4. The molecule has 0 fully saturated rings. The van der Waals surface area contributed by atoms with Gasteiger partial charge in [-0.3, -0.25) is 9.36 Å². The van der Waals surface area contributed by atoms with Crippen molar-refractivity contribution in [3.63, 3.8) is 0 Å². The number of ether oxygens (including phenoxy) is 1. The molecular formula is C22H25N5O3. The van der Waals surface area contributed by atoms with Gasteiger partial charge in [0.25, 0.3) is 0 Å². The lowest BCUT2D eigenvalue weighted by molar-refractivity contribution is -0.121. The van der Waals surface area contributed by atoms with Gasteiger partial charge >= 0.3 is 6.09 Å². The number of nitrogens with zero attached hydrogens (tertiary/aromatic N) is 3. The number of nitrogens with one attached hydrogen (secondary N) is 2. The summed E-state index contributed by atoms with van der Waals surface area (Å²) in [4.78, 5) is 32.3. The molecule has 156 valence electrons. The zero-order valence-electron chi connectivity index (χ0n) is 16.9. The smallest absolute Gasteiger partial charge is 0.407 e. The molecule has 0 spiro atoms. The summed E-state index contributed by atoms with van der Waals surface area (Å²) in [7, 11) is 0. The summed E-state index contributed by atoms with van der Waals surface area (Å²) < 4.78 is 7.01. The highest BCUT2D eigenvalue weighted by molar-refractivity contribution is 5.76. The summed E-state index contributed by atoms with van der Waals surface area (Å²) in [6.45, 7) is 2.91. The van der Waals surface area contributed by atoms with Gasteiger partial charge in [0.05, 0.1) is 0 Å². The van der Waals surface area contributed by atoms with Crippen molar-refractivity contribution < 1.29 is 14.3 Å². The Morgan fingerprint density at radius 3 is 2.63 bits per heavy atom. The number of hydrogen-bond donors (Lipinski definition) is 2. The van der Waals surface area contributed by atoms with Gasteiger partial charge in [-0.2, -0.15) is 0 Å². The Hall–Kier alpha value is -3.68. The topological polar surface area (TPSA) is 98.1 Å². The van der Waals surface area contributed by atoms with Crippen LogP contribution in [0.2, 0.25) is 0 Å². The molecule has 2 amide bonds. The summed E-state index contributed by atoms with van der Waals surface area (Å²) in [6, 6.07) is 13.2. The molecule has 2 heterocycles. The lowest BCUT2D eigenvalue weighted by Crippen LogP contribution is -2.27. The highest BCUT2D eigenvalue weighted by Gasteiger charge is 2.06. The minimum atomic E-state index is -0.488. The molecular weight excluding hydrogens is 382 g/mol. The molecule has 0 atom stereocenters. The molecule has 0 aliphatic heterocycles. The second-order valence-electron chi connectivity index (χ2n) is 6.74. The zero-order chi connectivity index (χ0) is 21.2. The van der Waals surface area contributed by atoms with Crippen LogP contribution in [0.3, 0.4) is 0 Å². The number of carbonyl (C=O) groups is 2. The van der Waals surface area contributed by atoms with Crippen molar-refractivity contribution in [3.05, 3.63) is 78.0 Å². The number of amides is 2. The van der Waals surface area contributed by atoms with Crippen LogP contribution in [0.15, 0.2) is 61.1 Å². The van der Waals surface area contributed by atoms with E-state index in [-0.39, 0.29) is 12.5 Å². The van der Waals surface area contributed by atoms with Crippen LogP contribution >= 0.6 is 0 Å². The van der Waals surface area contributed by atoms with E-state index < -0.39 is 6.09 Å². The van der Waals surface area contributed by atoms with Crippen LogP contribution in [0.25, 0.3) is 5.82 Å². The molecule has 30 heavy (non-hydrogen) atoms. The highest BCUT2D eigenvalue weighted by Crippen LogP contribution is 2.09. The van der Waals surface area contributed by atoms with Crippen molar-refractivity contribution in [2.45, 2.75) is 32.9 Å². The van der Waals surface area contributed by atoms with Crippen LogP contribution in [0.5, 0.6) is 0 Å². The molecule has 8 nitrogen and oxygen atoms in total. The van der Waals surface area contributed by atoms with E-state index in [4.69, 9.17) is 4.74 Å². The molecule has 0 aliphatic carbocycles. The number of carbonyl (C=O) groups excluding carboxylic acids is 2.